The van der Waals surface area contributed by atoms with Crippen LogP contribution in [0.2, 0.25) is 5.02 Å². The first kappa shape index (κ1) is 27.4. The Morgan fingerprint density at radius 2 is 1.79 bits per heavy atom. The van der Waals surface area contributed by atoms with Gasteiger partial charge in [0, 0.05) is 37.3 Å². The van der Waals surface area contributed by atoms with Gasteiger partial charge in [0.1, 0.15) is 28.8 Å². The van der Waals surface area contributed by atoms with Gasteiger partial charge in [0.05, 0.1) is 24.5 Å². The molecule has 15 heteroatoms. The number of rotatable bonds is 9. The molecule has 204 valence electrons. The van der Waals surface area contributed by atoms with Gasteiger partial charge in [-0.2, -0.15) is 0 Å². The summed E-state index contributed by atoms with van der Waals surface area (Å²) in [6, 6.07) is 5.12. The van der Waals surface area contributed by atoms with Gasteiger partial charge in [0.15, 0.2) is 0 Å². The molecular weight excluding hydrogens is 538 g/mol. The molecule has 1 aromatic carbocycles. The summed E-state index contributed by atoms with van der Waals surface area (Å²) >= 11 is 5.87. The quantitative estimate of drug-likeness (QED) is 0.394. The Bertz CT molecular complexity index is 1390. The number of nitrogens with one attached hydrogen (secondary N) is 1. The van der Waals surface area contributed by atoms with E-state index in [0.717, 1.165) is 0 Å². The number of amides is 1. The summed E-state index contributed by atoms with van der Waals surface area (Å²) < 4.78 is 42.3. The zero-order valence-electron chi connectivity index (χ0n) is 21.2. The van der Waals surface area contributed by atoms with E-state index in [2.05, 4.69) is 24.9 Å². The highest BCUT2D eigenvalue weighted by atomic mass is 35.5. The first-order valence-electron chi connectivity index (χ1n) is 11.7. The molecule has 1 amide bonds. The van der Waals surface area contributed by atoms with Crippen LogP contribution < -0.4 is 14.2 Å². The van der Waals surface area contributed by atoms with Crippen molar-refractivity contribution in [1.29, 1.82) is 0 Å². The molecule has 1 fully saturated rings. The fourth-order valence-electron chi connectivity index (χ4n) is 4.30. The van der Waals surface area contributed by atoms with Crippen LogP contribution in [0.1, 0.15) is 43.8 Å². The van der Waals surface area contributed by atoms with E-state index in [0.29, 0.717) is 46.8 Å². The molecule has 0 aliphatic carbocycles. The van der Waals surface area contributed by atoms with Crippen molar-refractivity contribution in [3.63, 3.8) is 0 Å². The molecular formula is C23H28ClN7O6S. The normalized spacial score (nSPS) is 17.2. The van der Waals surface area contributed by atoms with Crippen LogP contribution in [-0.4, -0.2) is 81.8 Å². The van der Waals surface area contributed by atoms with Crippen molar-refractivity contribution in [3.8, 4) is 17.2 Å². The van der Waals surface area contributed by atoms with Crippen molar-refractivity contribution in [2.45, 2.75) is 37.4 Å². The summed E-state index contributed by atoms with van der Waals surface area (Å²) in [5.74, 6) is 0.444. The van der Waals surface area contributed by atoms with E-state index in [-0.39, 0.29) is 18.4 Å². The van der Waals surface area contributed by atoms with E-state index < -0.39 is 27.3 Å². The van der Waals surface area contributed by atoms with Gasteiger partial charge in [-0.1, -0.05) is 24.6 Å². The predicted octanol–water partition coefficient (Wildman–Crippen LogP) is 3.13. The number of likely N-dealkylation sites (tertiary alicyclic amines) is 1. The first-order chi connectivity index (χ1) is 18.1. The molecule has 3 heterocycles. The Balaban J connectivity index is 1.77. The van der Waals surface area contributed by atoms with E-state index >= 15 is 0 Å². The number of halogens is 1. The summed E-state index contributed by atoms with van der Waals surface area (Å²) in [6.07, 6.45) is 2.26. The molecule has 1 saturated heterocycles. The smallest absolute Gasteiger partial charge is 0.407 e. The molecule has 0 spiro atoms. The highest BCUT2D eigenvalue weighted by Gasteiger charge is 2.36. The van der Waals surface area contributed by atoms with Crippen LogP contribution in [0.25, 0.3) is 5.69 Å². The lowest BCUT2D eigenvalue weighted by Gasteiger charge is -2.22. The maximum Gasteiger partial charge on any atom is 0.407 e. The minimum Gasteiger partial charge on any atom is -0.494 e. The topological polar surface area (TPSA) is 162 Å². The van der Waals surface area contributed by atoms with Crippen LogP contribution >= 0.6 is 11.6 Å². The molecule has 0 radical (unpaired) electrons. The minimum absolute atomic E-state index is 0.0901. The number of hydrogen-bond donors (Lipinski definition) is 2. The molecule has 1 aliphatic heterocycles. The third-order valence-electron chi connectivity index (χ3n) is 6.61. The van der Waals surface area contributed by atoms with E-state index in [9.17, 15) is 18.3 Å². The molecule has 3 aromatic rings. The largest absolute Gasteiger partial charge is 0.494 e. The van der Waals surface area contributed by atoms with Crippen molar-refractivity contribution in [2.75, 3.05) is 32.0 Å². The van der Waals surface area contributed by atoms with Crippen LogP contribution in [0, 0.1) is 0 Å². The van der Waals surface area contributed by atoms with Gasteiger partial charge >= 0.3 is 6.09 Å². The van der Waals surface area contributed by atoms with E-state index in [1.54, 1.807) is 25.1 Å². The number of benzene rings is 1. The number of carboxylic acid groups (broad SMARTS) is 1. The fourth-order valence-corrected chi connectivity index (χ4v) is 5.63. The molecule has 1 aliphatic rings. The number of ether oxygens (including phenoxy) is 2. The Morgan fingerprint density at radius 3 is 2.34 bits per heavy atom. The van der Waals surface area contributed by atoms with Gasteiger partial charge in [-0.3, -0.25) is 9.29 Å². The van der Waals surface area contributed by atoms with Crippen LogP contribution in [0.15, 0.2) is 30.6 Å². The molecule has 38 heavy (non-hydrogen) atoms. The van der Waals surface area contributed by atoms with Gasteiger partial charge in [-0.05, 0) is 25.5 Å². The van der Waals surface area contributed by atoms with Crippen molar-refractivity contribution in [1.82, 2.24) is 29.6 Å². The fraction of sp³-hybridized carbons (Fsp3) is 0.435. The van der Waals surface area contributed by atoms with Gasteiger partial charge in [-0.15, -0.1) is 10.2 Å². The molecule has 2 aromatic heterocycles. The highest BCUT2D eigenvalue weighted by molar-refractivity contribution is 7.93. The van der Waals surface area contributed by atoms with Crippen molar-refractivity contribution < 1.29 is 27.8 Å². The molecule has 0 saturated carbocycles. The molecule has 3 atom stereocenters. The zero-order chi connectivity index (χ0) is 27.6. The summed E-state index contributed by atoms with van der Waals surface area (Å²) in [5, 5.41) is 17.3. The number of methoxy groups -OCH3 is 2. The van der Waals surface area contributed by atoms with Crippen LogP contribution in [-0.2, 0) is 10.0 Å². The molecule has 0 bridgehead atoms. The number of hydrogen-bond acceptors (Lipinski definition) is 9. The third kappa shape index (κ3) is 5.31. The predicted molar refractivity (Wildman–Crippen MR) is 139 cm³/mol. The Morgan fingerprint density at radius 1 is 1.16 bits per heavy atom. The van der Waals surface area contributed by atoms with Crippen LogP contribution in [0.5, 0.6) is 11.5 Å². The second-order valence-corrected chi connectivity index (χ2v) is 11.3. The molecule has 13 nitrogen and oxygen atoms in total. The van der Waals surface area contributed by atoms with E-state index in [1.807, 2.05) is 0 Å². The minimum atomic E-state index is -4.05. The average molecular weight is 566 g/mol. The first-order valence-corrected chi connectivity index (χ1v) is 13.6. The number of para-hydroxylation sites is 1. The maximum atomic E-state index is 13.5. The molecule has 4 rings (SSSR count). The SMILES string of the molecule is COc1cccc(OC)c1-n1c(NS(=O)(=O)[C@@H](C)[C@H](C)c2ncc(Cl)cn2)nnc1[C@H]1CCN(C(=O)O)C1. The highest BCUT2D eigenvalue weighted by Crippen LogP contribution is 2.39. The van der Waals surface area contributed by atoms with Crippen molar-refractivity contribution in [2.24, 2.45) is 0 Å². The standard InChI is InChI=1S/C23H28ClN7O6S/c1-13(20-25-10-16(24)11-26-20)14(2)38(34,35)29-22-28-27-21(15-8-9-30(12-15)23(32)33)31(22)19-17(36-3)6-5-7-18(19)37-4/h5-7,10-11,13-15H,8-9,12H2,1-4H3,(H,28,29)(H,32,33)/t13-,14-,15-/m0/s1. The van der Waals surface area contributed by atoms with E-state index in [4.69, 9.17) is 21.1 Å². The van der Waals surface area contributed by atoms with Gasteiger partial charge in [0.2, 0.25) is 16.0 Å². The van der Waals surface area contributed by atoms with E-state index in [1.165, 1.54) is 43.0 Å². The Labute approximate surface area is 224 Å². The molecule has 0 unspecified atom stereocenters. The van der Waals surface area contributed by atoms with Crippen molar-refractivity contribution >= 4 is 33.7 Å². The summed E-state index contributed by atoms with van der Waals surface area (Å²) in [4.78, 5) is 21.1. The third-order valence-corrected chi connectivity index (χ3v) is 8.66. The van der Waals surface area contributed by atoms with Crippen LogP contribution in [0.4, 0.5) is 10.7 Å². The summed E-state index contributed by atoms with van der Waals surface area (Å²) in [5.41, 5.74) is 0.380. The Hall–Kier alpha value is -3.65. The Kier molecular flexibility index (Phi) is 7.92. The number of nitrogens with zero attached hydrogens (tertiary/aromatic N) is 6. The second-order valence-electron chi connectivity index (χ2n) is 8.84. The molecule has 2 N–H and O–H groups in total. The van der Waals surface area contributed by atoms with Gasteiger partial charge in [0.25, 0.3) is 0 Å². The monoisotopic (exact) mass is 565 g/mol. The average Bonchev–Trinajstić information content (AvgIpc) is 3.55. The lowest BCUT2D eigenvalue weighted by molar-refractivity contribution is 0.155. The summed E-state index contributed by atoms with van der Waals surface area (Å²) in [7, 11) is -1.10. The number of sulfonamides is 1. The zero-order valence-corrected chi connectivity index (χ0v) is 22.8. The lowest BCUT2D eigenvalue weighted by atomic mass is 10.1. The number of carbonyl (C=O) groups is 1. The second kappa shape index (κ2) is 11.0. The van der Waals surface area contributed by atoms with Gasteiger partial charge in [-0.25, -0.2) is 23.2 Å². The van der Waals surface area contributed by atoms with Gasteiger partial charge < -0.3 is 19.5 Å². The van der Waals surface area contributed by atoms with Crippen LogP contribution in [0.3, 0.4) is 0 Å². The van der Waals surface area contributed by atoms with Crippen molar-refractivity contribution in [3.05, 3.63) is 47.3 Å². The lowest BCUT2D eigenvalue weighted by Crippen LogP contribution is -2.31. The summed E-state index contributed by atoms with van der Waals surface area (Å²) in [6.45, 7) is 3.73. The maximum absolute atomic E-state index is 13.5. The number of anilines is 1. The number of aromatic nitrogens is 5.